The minimum atomic E-state index is -0.148. The van der Waals surface area contributed by atoms with Crippen molar-refractivity contribution in [3.8, 4) is 0 Å². The number of rotatable bonds is 6. The van der Waals surface area contributed by atoms with Gasteiger partial charge in [-0.2, -0.15) is 0 Å². The first-order valence-electron chi connectivity index (χ1n) is 5.34. The van der Waals surface area contributed by atoms with Gasteiger partial charge in [-0.05, 0) is 33.6 Å². The molecular weight excluding hydrogens is 178 g/mol. The molecule has 0 aliphatic heterocycles. The minimum absolute atomic E-state index is 0.108. The van der Waals surface area contributed by atoms with Crippen LogP contribution < -0.4 is 5.73 Å². The Kier molecular flexibility index (Phi) is 5.64. The summed E-state index contributed by atoms with van der Waals surface area (Å²) < 4.78 is 5.62. The van der Waals surface area contributed by atoms with Gasteiger partial charge < -0.3 is 15.6 Å². The molecule has 0 saturated carbocycles. The van der Waals surface area contributed by atoms with Crippen LogP contribution in [0.3, 0.4) is 0 Å². The maximum absolute atomic E-state index is 9.27. The summed E-state index contributed by atoms with van der Waals surface area (Å²) in [6, 6.07) is 0. The first-order chi connectivity index (χ1) is 6.39. The fraction of sp³-hybridized carbons (Fsp3) is 1.00. The maximum Gasteiger partial charge on any atom is 0.0598 e. The Bertz CT molecular complexity index is 140. The fourth-order valence-electron chi connectivity index (χ4n) is 1.25. The standard InChI is InChI=1S/C11H25NO2/c1-5-11(8-12,9-13)6-7-14-10(2,3)4/h13H,5-9,12H2,1-4H3. The molecule has 0 bridgehead atoms. The van der Waals surface area contributed by atoms with Gasteiger partial charge in [0, 0.05) is 25.2 Å². The van der Waals surface area contributed by atoms with Crippen molar-refractivity contribution < 1.29 is 9.84 Å². The molecule has 0 aromatic carbocycles. The molecule has 0 rings (SSSR count). The van der Waals surface area contributed by atoms with E-state index in [1.54, 1.807) is 0 Å². The van der Waals surface area contributed by atoms with E-state index in [0.717, 1.165) is 12.8 Å². The lowest BCUT2D eigenvalue weighted by molar-refractivity contribution is -0.0261. The molecule has 0 aromatic rings. The topological polar surface area (TPSA) is 55.5 Å². The summed E-state index contributed by atoms with van der Waals surface area (Å²) >= 11 is 0. The third-order valence-electron chi connectivity index (χ3n) is 2.69. The molecule has 0 spiro atoms. The van der Waals surface area contributed by atoms with Gasteiger partial charge in [0.25, 0.3) is 0 Å². The lowest BCUT2D eigenvalue weighted by Gasteiger charge is -2.30. The van der Waals surface area contributed by atoms with Crippen LogP contribution in [0, 0.1) is 5.41 Å². The van der Waals surface area contributed by atoms with Crippen molar-refractivity contribution in [2.24, 2.45) is 11.1 Å². The number of nitrogens with two attached hydrogens (primary N) is 1. The Hall–Kier alpha value is -0.120. The number of aliphatic hydroxyl groups is 1. The highest BCUT2D eigenvalue weighted by Gasteiger charge is 2.26. The van der Waals surface area contributed by atoms with Crippen molar-refractivity contribution in [3.63, 3.8) is 0 Å². The lowest BCUT2D eigenvalue weighted by atomic mass is 9.83. The smallest absolute Gasteiger partial charge is 0.0598 e. The lowest BCUT2D eigenvalue weighted by Crippen LogP contribution is -2.36. The van der Waals surface area contributed by atoms with Crippen LogP contribution in [0.5, 0.6) is 0 Å². The van der Waals surface area contributed by atoms with E-state index < -0.39 is 0 Å². The van der Waals surface area contributed by atoms with Crippen molar-refractivity contribution in [2.45, 2.75) is 46.1 Å². The van der Waals surface area contributed by atoms with Crippen LogP contribution in [-0.4, -0.2) is 30.5 Å². The van der Waals surface area contributed by atoms with Gasteiger partial charge in [-0.25, -0.2) is 0 Å². The van der Waals surface area contributed by atoms with E-state index in [0.29, 0.717) is 13.2 Å². The van der Waals surface area contributed by atoms with Crippen LogP contribution in [0.1, 0.15) is 40.5 Å². The van der Waals surface area contributed by atoms with Gasteiger partial charge in [0.1, 0.15) is 0 Å². The Morgan fingerprint density at radius 1 is 1.29 bits per heavy atom. The summed E-state index contributed by atoms with van der Waals surface area (Å²) in [6.07, 6.45) is 1.72. The molecule has 0 aliphatic carbocycles. The highest BCUT2D eigenvalue weighted by molar-refractivity contribution is 4.78. The Balaban J connectivity index is 3.95. The number of hydrogen-bond acceptors (Lipinski definition) is 3. The minimum Gasteiger partial charge on any atom is -0.396 e. The highest BCUT2D eigenvalue weighted by atomic mass is 16.5. The maximum atomic E-state index is 9.27. The zero-order chi connectivity index (χ0) is 11.2. The summed E-state index contributed by atoms with van der Waals surface area (Å²) in [5, 5.41) is 9.27. The highest BCUT2D eigenvalue weighted by Crippen LogP contribution is 2.25. The Morgan fingerprint density at radius 2 is 1.86 bits per heavy atom. The molecule has 0 saturated heterocycles. The molecule has 0 aliphatic rings. The molecular formula is C11H25NO2. The second-order valence-corrected chi connectivity index (χ2v) is 4.93. The second kappa shape index (κ2) is 5.69. The fourth-order valence-corrected chi connectivity index (χ4v) is 1.25. The second-order valence-electron chi connectivity index (χ2n) is 4.93. The monoisotopic (exact) mass is 203 g/mol. The van der Waals surface area contributed by atoms with Crippen molar-refractivity contribution in [3.05, 3.63) is 0 Å². The van der Waals surface area contributed by atoms with Gasteiger partial charge >= 0.3 is 0 Å². The molecule has 0 radical (unpaired) electrons. The van der Waals surface area contributed by atoms with E-state index >= 15 is 0 Å². The van der Waals surface area contributed by atoms with Crippen LogP contribution in [-0.2, 0) is 4.74 Å². The first kappa shape index (κ1) is 13.9. The molecule has 0 fully saturated rings. The SMILES string of the molecule is CCC(CN)(CO)CCOC(C)(C)C. The molecule has 86 valence electrons. The molecule has 14 heavy (non-hydrogen) atoms. The summed E-state index contributed by atoms with van der Waals surface area (Å²) in [4.78, 5) is 0. The van der Waals surface area contributed by atoms with Crippen molar-refractivity contribution in [2.75, 3.05) is 19.8 Å². The zero-order valence-corrected chi connectivity index (χ0v) is 9.97. The molecule has 1 atom stereocenters. The number of aliphatic hydroxyl groups excluding tert-OH is 1. The third kappa shape index (κ3) is 4.94. The predicted octanol–water partition coefficient (Wildman–Crippen LogP) is 1.54. The molecule has 0 heterocycles. The molecule has 1 unspecified atom stereocenters. The number of hydrogen-bond donors (Lipinski definition) is 2. The molecule has 0 aromatic heterocycles. The Morgan fingerprint density at radius 3 is 2.14 bits per heavy atom. The predicted molar refractivity (Wildman–Crippen MR) is 59.2 cm³/mol. The average molecular weight is 203 g/mol. The first-order valence-corrected chi connectivity index (χ1v) is 5.34. The van der Waals surface area contributed by atoms with Crippen LogP contribution in [0.25, 0.3) is 0 Å². The zero-order valence-electron chi connectivity index (χ0n) is 9.97. The number of ether oxygens (including phenoxy) is 1. The summed E-state index contributed by atoms with van der Waals surface area (Å²) in [6.45, 7) is 9.47. The van der Waals surface area contributed by atoms with Gasteiger partial charge in [-0.3, -0.25) is 0 Å². The van der Waals surface area contributed by atoms with Crippen LogP contribution >= 0.6 is 0 Å². The third-order valence-corrected chi connectivity index (χ3v) is 2.69. The largest absolute Gasteiger partial charge is 0.396 e. The quantitative estimate of drug-likeness (QED) is 0.688. The molecule has 3 heteroatoms. The van der Waals surface area contributed by atoms with Crippen molar-refractivity contribution >= 4 is 0 Å². The van der Waals surface area contributed by atoms with E-state index in [2.05, 4.69) is 6.92 Å². The molecule has 3 N–H and O–H groups in total. The van der Waals surface area contributed by atoms with Crippen molar-refractivity contribution in [1.29, 1.82) is 0 Å². The van der Waals surface area contributed by atoms with E-state index in [4.69, 9.17) is 10.5 Å². The normalized spacial score (nSPS) is 16.7. The summed E-state index contributed by atoms with van der Waals surface area (Å²) in [5.74, 6) is 0. The summed E-state index contributed by atoms with van der Waals surface area (Å²) in [5.41, 5.74) is 5.41. The molecule has 3 nitrogen and oxygen atoms in total. The van der Waals surface area contributed by atoms with E-state index in [-0.39, 0.29) is 17.6 Å². The summed E-state index contributed by atoms with van der Waals surface area (Å²) in [7, 11) is 0. The molecule has 0 amide bonds. The van der Waals surface area contributed by atoms with Gasteiger partial charge in [0.2, 0.25) is 0 Å². The van der Waals surface area contributed by atoms with Crippen LogP contribution in [0.4, 0.5) is 0 Å². The average Bonchev–Trinajstić information content (AvgIpc) is 2.11. The van der Waals surface area contributed by atoms with E-state index in [1.165, 1.54) is 0 Å². The van der Waals surface area contributed by atoms with Crippen LogP contribution in [0.15, 0.2) is 0 Å². The Labute approximate surface area is 87.6 Å². The van der Waals surface area contributed by atoms with Gasteiger partial charge in [0.15, 0.2) is 0 Å². The van der Waals surface area contributed by atoms with E-state index in [9.17, 15) is 5.11 Å². The van der Waals surface area contributed by atoms with Crippen LogP contribution in [0.2, 0.25) is 0 Å². The van der Waals surface area contributed by atoms with Gasteiger partial charge in [0.05, 0.1) is 5.60 Å². The van der Waals surface area contributed by atoms with Crippen molar-refractivity contribution in [1.82, 2.24) is 0 Å². The van der Waals surface area contributed by atoms with Gasteiger partial charge in [-0.1, -0.05) is 6.92 Å². The van der Waals surface area contributed by atoms with E-state index in [1.807, 2.05) is 20.8 Å². The van der Waals surface area contributed by atoms with Gasteiger partial charge in [-0.15, -0.1) is 0 Å².